The molecule has 192 valence electrons. The number of unbranched alkanes of at least 4 members (excludes halogenated alkanes) is 2. The Hall–Kier alpha value is -2.18. The van der Waals surface area contributed by atoms with Gasteiger partial charge in [-0.05, 0) is 42.7 Å². The summed E-state index contributed by atoms with van der Waals surface area (Å²) >= 11 is 0. The van der Waals surface area contributed by atoms with Gasteiger partial charge in [0.15, 0.2) is 0 Å². The van der Waals surface area contributed by atoms with Gasteiger partial charge in [-0.2, -0.15) is 10.9 Å². The van der Waals surface area contributed by atoms with Gasteiger partial charge >= 0.3 is 5.97 Å². The first-order chi connectivity index (χ1) is 16.8. The molecule has 2 heterocycles. The predicted molar refractivity (Wildman–Crippen MR) is 150 cm³/mol. The number of carbonyl (C=O) groups is 1. The molecule has 6 heteroatoms. The largest absolute Gasteiger partial charge is 0.462 e. The van der Waals surface area contributed by atoms with Gasteiger partial charge in [0, 0.05) is 29.3 Å². The van der Waals surface area contributed by atoms with Crippen molar-refractivity contribution in [2.24, 2.45) is 10.7 Å². The minimum Gasteiger partial charge on any atom is -0.462 e. The number of nitrogens with zero attached hydrogens (tertiary/aromatic N) is 2. The zero-order valence-corrected chi connectivity index (χ0v) is 23.3. The second-order valence-corrected chi connectivity index (χ2v) is 12.0. The molecule has 0 spiro atoms. The maximum atomic E-state index is 13.6. The lowest BCUT2D eigenvalue weighted by atomic mass is 9.89. The molecule has 2 aromatic rings. The normalized spacial score (nSPS) is 16.7. The fraction of sp³-hybridized carbons (Fsp3) is 0.552. The molecule has 0 saturated carbocycles. The molecular formula is C29H43N3O2S. The van der Waals surface area contributed by atoms with Gasteiger partial charge in [0.05, 0.1) is 28.6 Å². The number of esters is 1. The Morgan fingerprint density at radius 1 is 1.09 bits per heavy atom. The van der Waals surface area contributed by atoms with E-state index >= 15 is 0 Å². The third-order valence-corrected chi connectivity index (χ3v) is 9.14. The first kappa shape index (κ1) is 27.4. The summed E-state index contributed by atoms with van der Waals surface area (Å²) in [7, 11) is -0.678. The highest BCUT2D eigenvalue weighted by Gasteiger charge is 2.33. The number of thiol groups is 1. The summed E-state index contributed by atoms with van der Waals surface area (Å²) in [6.45, 7) is 14.3. The number of benzene rings is 1. The molecule has 1 aliphatic rings. The molecule has 0 amide bonds. The smallest absolute Gasteiger partial charge is 0.340 e. The second-order valence-electron chi connectivity index (χ2n) is 9.78. The Bertz CT molecular complexity index is 1060. The average molecular weight is 498 g/mol. The van der Waals surface area contributed by atoms with Crippen LogP contribution in [0.3, 0.4) is 0 Å². The molecule has 0 radical (unpaired) electrons. The summed E-state index contributed by atoms with van der Waals surface area (Å²) in [6.07, 6.45) is 4.58. The topological polar surface area (TPSA) is 77.6 Å². The van der Waals surface area contributed by atoms with Crippen LogP contribution in [0.4, 0.5) is 0 Å². The van der Waals surface area contributed by atoms with Crippen LogP contribution >= 0.6 is 10.9 Å². The molecular weight excluding hydrogens is 454 g/mol. The molecule has 2 N–H and O–H groups in total. The second kappa shape index (κ2) is 12.7. The molecule has 1 aromatic carbocycles. The van der Waals surface area contributed by atoms with Gasteiger partial charge < -0.3 is 10.5 Å². The third-order valence-electron chi connectivity index (χ3n) is 6.51. The lowest BCUT2D eigenvalue weighted by Crippen LogP contribution is -2.18. The monoisotopic (exact) mass is 497 g/mol. The van der Waals surface area contributed by atoms with E-state index in [1.807, 2.05) is 19.1 Å². The van der Waals surface area contributed by atoms with Crippen molar-refractivity contribution in [3.05, 3.63) is 46.8 Å². The molecule has 5 nitrogen and oxygen atoms in total. The average Bonchev–Trinajstić information content (AvgIpc) is 3.30. The number of aromatic nitrogens is 1. The first-order valence-electron chi connectivity index (χ1n) is 13.2. The van der Waals surface area contributed by atoms with E-state index in [4.69, 9.17) is 20.4 Å². The fourth-order valence-electron chi connectivity index (χ4n) is 4.80. The number of rotatable bonds is 11. The van der Waals surface area contributed by atoms with Crippen molar-refractivity contribution in [1.29, 1.82) is 0 Å². The van der Waals surface area contributed by atoms with Crippen molar-refractivity contribution in [2.45, 2.75) is 90.5 Å². The number of ether oxygens (including phenoxy) is 1. The Morgan fingerprint density at radius 2 is 1.80 bits per heavy atom. The van der Waals surface area contributed by atoms with Crippen molar-refractivity contribution in [3.63, 3.8) is 0 Å². The fourth-order valence-corrected chi connectivity index (χ4v) is 7.63. The van der Waals surface area contributed by atoms with Crippen molar-refractivity contribution < 1.29 is 9.53 Å². The molecule has 1 atom stereocenters. The van der Waals surface area contributed by atoms with Crippen LogP contribution in [0.1, 0.15) is 106 Å². The minimum absolute atomic E-state index is 0.0822. The third kappa shape index (κ3) is 5.97. The molecule has 3 rings (SSSR count). The zero-order chi connectivity index (χ0) is 25.5. The van der Waals surface area contributed by atoms with E-state index in [1.165, 1.54) is 22.8 Å². The molecule has 0 bridgehead atoms. The van der Waals surface area contributed by atoms with Gasteiger partial charge in [-0.3, -0.25) is 9.98 Å². The Morgan fingerprint density at radius 3 is 2.43 bits per heavy atom. The van der Waals surface area contributed by atoms with Crippen LogP contribution in [0.5, 0.6) is 0 Å². The SMILES string of the molecule is CCCCCC1=NCC[SH]1c1c(C(C)C)nc(C(C)C)c(C(=O)OCC)c1-c1ccccc1CN. The van der Waals surface area contributed by atoms with Gasteiger partial charge in [0.1, 0.15) is 0 Å². The van der Waals surface area contributed by atoms with E-state index in [0.29, 0.717) is 18.7 Å². The van der Waals surface area contributed by atoms with Gasteiger partial charge in [-0.1, -0.05) is 71.7 Å². The highest BCUT2D eigenvalue weighted by Crippen LogP contribution is 2.52. The van der Waals surface area contributed by atoms with Crippen molar-refractivity contribution in [1.82, 2.24) is 4.98 Å². The van der Waals surface area contributed by atoms with Crippen molar-refractivity contribution in [2.75, 3.05) is 18.9 Å². The Balaban J connectivity index is 2.41. The van der Waals surface area contributed by atoms with Gasteiger partial charge in [0.2, 0.25) is 0 Å². The van der Waals surface area contributed by atoms with E-state index in [9.17, 15) is 4.79 Å². The standard InChI is InChI=1S/C29H43N3O2S/c1-7-9-10-15-23-31-16-17-35(23)28-24(22-14-12-11-13-21(22)18-30)25(29(33)34-8-2)26(19(3)4)32-27(28)20(5)6/h11-14,19-20,35H,7-10,15-18,30H2,1-6H3. The lowest BCUT2D eigenvalue weighted by Gasteiger charge is -2.30. The molecule has 0 aliphatic carbocycles. The van der Waals surface area contributed by atoms with E-state index < -0.39 is 10.9 Å². The van der Waals surface area contributed by atoms with Crippen LogP contribution in [-0.4, -0.2) is 34.9 Å². The summed E-state index contributed by atoms with van der Waals surface area (Å²) in [5.74, 6) is 1.03. The number of nitrogens with two attached hydrogens (primary N) is 1. The summed E-state index contributed by atoms with van der Waals surface area (Å²) in [5, 5.41) is 1.32. The van der Waals surface area contributed by atoms with Crippen LogP contribution in [0.15, 0.2) is 34.2 Å². The number of hydrogen-bond acceptors (Lipinski definition) is 5. The van der Waals surface area contributed by atoms with Gasteiger partial charge in [0.25, 0.3) is 0 Å². The Labute approximate surface area is 214 Å². The summed E-state index contributed by atoms with van der Waals surface area (Å²) < 4.78 is 5.65. The van der Waals surface area contributed by atoms with Crippen LogP contribution in [0.2, 0.25) is 0 Å². The lowest BCUT2D eigenvalue weighted by molar-refractivity contribution is 0.0524. The zero-order valence-electron chi connectivity index (χ0n) is 22.4. The summed E-state index contributed by atoms with van der Waals surface area (Å²) in [6, 6.07) is 8.23. The Kier molecular flexibility index (Phi) is 9.93. The number of aliphatic imine (C=N–C) groups is 1. The summed E-state index contributed by atoms with van der Waals surface area (Å²) in [5.41, 5.74) is 11.8. The van der Waals surface area contributed by atoms with Crippen LogP contribution in [0.25, 0.3) is 11.1 Å². The van der Waals surface area contributed by atoms with E-state index in [1.54, 1.807) is 0 Å². The van der Waals surface area contributed by atoms with Crippen molar-refractivity contribution >= 4 is 21.9 Å². The van der Waals surface area contributed by atoms with E-state index in [2.05, 4.69) is 46.8 Å². The molecule has 1 aliphatic heterocycles. The van der Waals surface area contributed by atoms with Gasteiger partial charge in [-0.15, -0.1) is 0 Å². The molecule has 1 unspecified atom stereocenters. The number of carbonyl (C=O) groups excluding carboxylic acids is 1. The maximum absolute atomic E-state index is 13.6. The highest BCUT2D eigenvalue weighted by molar-refractivity contribution is 8.30. The maximum Gasteiger partial charge on any atom is 0.340 e. The predicted octanol–water partition coefficient (Wildman–Crippen LogP) is 6.98. The van der Waals surface area contributed by atoms with Crippen LogP contribution in [-0.2, 0) is 11.3 Å². The first-order valence-corrected chi connectivity index (χ1v) is 14.7. The minimum atomic E-state index is -0.678. The molecule has 35 heavy (non-hydrogen) atoms. The number of hydrogen-bond donors (Lipinski definition) is 2. The van der Waals surface area contributed by atoms with Crippen molar-refractivity contribution in [3.8, 4) is 11.1 Å². The summed E-state index contributed by atoms with van der Waals surface area (Å²) in [4.78, 5) is 25.0. The quantitative estimate of drug-likeness (QED) is 0.199. The molecule has 0 fully saturated rings. The molecule has 1 aromatic heterocycles. The van der Waals surface area contributed by atoms with Crippen LogP contribution in [0, 0.1) is 0 Å². The van der Waals surface area contributed by atoms with Gasteiger partial charge in [-0.25, -0.2) is 4.79 Å². The van der Waals surface area contributed by atoms with E-state index in [0.717, 1.165) is 53.2 Å². The highest BCUT2D eigenvalue weighted by atomic mass is 32.2. The van der Waals surface area contributed by atoms with Crippen LogP contribution < -0.4 is 5.73 Å². The van der Waals surface area contributed by atoms with E-state index in [-0.39, 0.29) is 17.8 Å². The number of pyridine rings is 1. The molecule has 0 saturated heterocycles.